The molecule has 0 atom stereocenters. The molecule has 4 heteroatoms. The van der Waals surface area contributed by atoms with Gasteiger partial charge in [-0.15, -0.1) is 0 Å². The lowest BCUT2D eigenvalue weighted by atomic mass is 9.76. The SMILES string of the molecule is C=COc1ccc(C2(c3ccc(OC=C)cc3)c3ccccc3C(=O)N2c2ccccc2)cc1. The summed E-state index contributed by atoms with van der Waals surface area (Å²) in [6.07, 6.45) is 2.79. The van der Waals surface area contributed by atoms with Gasteiger partial charge in [-0.05, 0) is 59.2 Å². The highest BCUT2D eigenvalue weighted by atomic mass is 16.5. The van der Waals surface area contributed by atoms with Crippen molar-refractivity contribution in [1.82, 2.24) is 0 Å². The second-order valence-corrected chi connectivity index (χ2v) is 7.85. The molecule has 0 fully saturated rings. The third-order valence-electron chi connectivity index (χ3n) is 6.08. The third kappa shape index (κ3) is 3.28. The van der Waals surface area contributed by atoms with Crippen LogP contribution in [0.5, 0.6) is 11.5 Å². The molecule has 4 nitrogen and oxygen atoms in total. The van der Waals surface area contributed by atoms with Crippen molar-refractivity contribution in [1.29, 1.82) is 0 Å². The Balaban J connectivity index is 1.83. The van der Waals surface area contributed by atoms with Crippen molar-refractivity contribution >= 4 is 11.6 Å². The van der Waals surface area contributed by atoms with Gasteiger partial charge in [-0.3, -0.25) is 9.69 Å². The van der Waals surface area contributed by atoms with E-state index in [1.807, 2.05) is 108 Å². The van der Waals surface area contributed by atoms with E-state index >= 15 is 0 Å². The van der Waals surface area contributed by atoms with E-state index in [9.17, 15) is 4.79 Å². The second-order valence-electron chi connectivity index (χ2n) is 7.85. The number of anilines is 1. The van der Waals surface area contributed by atoms with E-state index in [2.05, 4.69) is 13.2 Å². The van der Waals surface area contributed by atoms with Crippen LogP contribution in [0.4, 0.5) is 5.69 Å². The molecule has 0 unspecified atom stereocenters. The summed E-state index contributed by atoms with van der Waals surface area (Å²) in [5.74, 6) is 1.29. The first-order valence-corrected chi connectivity index (χ1v) is 11.0. The van der Waals surface area contributed by atoms with Gasteiger partial charge in [0.25, 0.3) is 5.91 Å². The minimum atomic E-state index is -0.894. The Kier molecular flexibility index (Phi) is 5.48. The molecule has 1 amide bonds. The monoisotopic (exact) mass is 445 g/mol. The number of benzene rings is 4. The number of carbonyl (C=O) groups is 1. The van der Waals surface area contributed by atoms with Gasteiger partial charge < -0.3 is 9.47 Å². The average Bonchev–Trinajstić information content (AvgIpc) is 3.15. The zero-order chi connectivity index (χ0) is 23.5. The topological polar surface area (TPSA) is 38.8 Å². The Hall–Kier alpha value is -4.57. The minimum absolute atomic E-state index is 0.0559. The van der Waals surface area contributed by atoms with E-state index in [1.165, 1.54) is 12.5 Å². The number of ether oxygens (including phenoxy) is 2. The molecule has 0 bridgehead atoms. The van der Waals surface area contributed by atoms with Gasteiger partial charge in [0.1, 0.15) is 17.0 Å². The number of hydrogen-bond acceptors (Lipinski definition) is 3. The van der Waals surface area contributed by atoms with Gasteiger partial charge in [0.15, 0.2) is 0 Å². The first-order chi connectivity index (χ1) is 16.7. The normalized spacial score (nSPS) is 13.8. The lowest BCUT2D eigenvalue weighted by Gasteiger charge is -2.40. The summed E-state index contributed by atoms with van der Waals surface area (Å²) in [5.41, 5.74) is 3.37. The summed E-state index contributed by atoms with van der Waals surface area (Å²) < 4.78 is 10.9. The summed E-state index contributed by atoms with van der Waals surface area (Å²) in [6, 6.07) is 33.1. The van der Waals surface area contributed by atoms with E-state index in [0.717, 1.165) is 22.4 Å². The molecule has 0 N–H and O–H groups in total. The summed E-state index contributed by atoms with van der Waals surface area (Å²) in [5, 5.41) is 0. The van der Waals surface area contributed by atoms with Crippen molar-refractivity contribution in [2.45, 2.75) is 5.54 Å². The van der Waals surface area contributed by atoms with Crippen molar-refractivity contribution in [3.8, 4) is 11.5 Å². The molecule has 5 rings (SSSR count). The number of amides is 1. The highest BCUT2D eigenvalue weighted by Crippen LogP contribution is 2.51. The first kappa shape index (κ1) is 21.3. The molecule has 1 heterocycles. The predicted octanol–water partition coefficient (Wildman–Crippen LogP) is 6.68. The molecule has 0 saturated carbocycles. The molecule has 4 aromatic rings. The molecule has 34 heavy (non-hydrogen) atoms. The zero-order valence-electron chi connectivity index (χ0n) is 18.6. The molecular weight excluding hydrogens is 422 g/mol. The fourth-order valence-electron chi connectivity index (χ4n) is 4.74. The second kappa shape index (κ2) is 8.75. The van der Waals surface area contributed by atoms with Crippen LogP contribution in [0.25, 0.3) is 0 Å². The van der Waals surface area contributed by atoms with Crippen LogP contribution in [0, 0.1) is 0 Å². The molecule has 0 spiro atoms. The van der Waals surface area contributed by atoms with Gasteiger partial charge in [0.2, 0.25) is 0 Å². The summed E-state index contributed by atoms with van der Waals surface area (Å²) in [4.78, 5) is 15.8. The largest absolute Gasteiger partial charge is 0.466 e. The molecule has 1 aliphatic rings. The summed E-state index contributed by atoms with van der Waals surface area (Å²) in [7, 11) is 0. The molecular formula is C30H23NO3. The number of nitrogens with zero attached hydrogens (tertiary/aromatic N) is 1. The third-order valence-corrected chi connectivity index (χ3v) is 6.08. The van der Waals surface area contributed by atoms with Crippen LogP contribution in [0.1, 0.15) is 27.0 Å². The quantitative estimate of drug-likeness (QED) is 0.298. The molecule has 0 radical (unpaired) electrons. The van der Waals surface area contributed by atoms with Crippen LogP contribution in [0.2, 0.25) is 0 Å². The maximum absolute atomic E-state index is 13.9. The Bertz CT molecular complexity index is 1290. The van der Waals surface area contributed by atoms with Crippen LogP contribution in [0.15, 0.2) is 129 Å². The van der Waals surface area contributed by atoms with Gasteiger partial charge in [0.05, 0.1) is 12.5 Å². The Morgan fingerprint density at radius 2 is 1.15 bits per heavy atom. The van der Waals surface area contributed by atoms with Gasteiger partial charge in [-0.2, -0.15) is 0 Å². The van der Waals surface area contributed by atoms with Crippen molar-refractivity contribution in [3.63, 3.8) is 0 Å². The average molecular weight is 446 g/mol. The zero-order valence-corrected chi connectivity index (χ0v) is 18.6. The number of rotatable bonds is 7. The van der Waals surface area contributed by atoms with Gasteiger partial charge in [-0.25, -0.2) is 0 Å². The summed E-state index contributed by atoms with van der Waals surface area (Å²) in [6.45, 7) is 7.28. The van der Waals surface area contributed by atoms with Gasteiger partial charge in [0, 0.05) is 11.3 Å². The van der Waals surface area contributed by atoms with Crippen LogP contribution >= 0.6 is 0 Å². The standard InChI is InChI=1S/C30H23NO3/c1-3-33-25-18-14-22(15-19-25)30(23-16-20-26(21-17-23)34-4-2)28-13-9-8-12-27(28)29(32)31(30)24-10-6-5-7-11-24/h3-21H,1-2H2. The van der Waals surface area contributed by atoms with Crippen molar-refractivity contribution in [2.24, 2.45) is 0 Å². The van der Waals surface area contributed by atoms with Gasteiger partial charge in [-0.1, -0.05) is 73.8 Å². The van der Waals surface area contributed by atoms with Crippen molar-refractivity contribution in [3.05, 3.63) is 151 Å². The first-order valence-electron chi connectivity index (χ1n) is 11.0. The Morgan fingerprint density at radius 1 is 0.647 bits per heavy atom. The summed E-state index contributed by atoms with van der Waals surface area (Å²) >= 11 is 0. The van der Waals surface area contributed by atoms with Crippen LogP contribution in [0.3, 0.4) is 0 Å². The van der Waals surface area contributed by atoms with E-state index in [4.69, 9.17) is 9.47 Å². The maximum Gasteiger partial charge on any atom is 0.260 e. The smallest absolute Gasteiger partial charge is 0.260 e. The van der Waals surface area contributed by atoms with E-state index in [-0.39, 0.29) is 5.91 Å². The van der Waals surface area contributed by atoms with Gasteiger partial charge >= 0.3 is 0 Å². The molecule has 166 valence electrons. The fraction of sp³-hybridized carbons (Fsp3) is 0.0333. The molecule has 0 saturated heterocycles. The van der Waals surface area contributed by atoms with Crippen LogP contribution in [-0.2, 0) is 5.54 Å². The number of hydrogen-bond donors (Lipinski definition) is 0. The van der Waals surface area contributed by atoms with E-state index in [0.29, 0.717) is 17.1 Å². The highest BCUT2D eigenvalue weighted by molar-refractivity contribution is 6.13. The van der Waals surface area contributed by atoms with E-state index in [1.54, 1.807) is 0 Å². The lowest BCUT2D eigenvalue weighted by molar-refractivity contribution is 0.0986. The number of carbonyl (C=O) groups excluding carboxylic acids is 1. The molecule has 0 aromatic heterocycles. The molecule has 0 aliphatic carbocycles. The van der Waals surface area contributed by atoms with E-state index < -0.39 is 5.54 Å². The minimum Gasteiger partial charge on any atom is -0.466 e. The Labute approximate surface area is 199 Å². The number of fused-ring (bicyclic) bond motifs is 1. The molecule has 1 aliphatic heterocycles. The van der Waals surface area contributed by atoms with Crippen molar-refractivity contribution in [2.75, 3.05) is 4.90 Å². The van der Waals surface area contributed by atoms with Crippen molar-refractivity contribution < 1.29 is 14.3 Å². The maximum atomic E-state index is 13.9. The van der Waals surface area contributed by atoms with Crippen LogP contribution < -0.4 is 14.4 Å². The fourth-order valence-corrected chi connectivity index (χ4v) is 4.74. The van der Waals surface area contributed by atoms with Crippen LogP contribution in [-0.4, -0.2) is 5.91 Å². The lowest BCUT2D eigenvalue weighted by Crippen LogP contribution is -2.46. The number of para-hydroxylation sites is 1. The Morgan fingerprint density at radius 3 is 1.68 bits per heavy atom. The molecule has 4 aromatic carbocycles. The highest BCUT2D eigenvalue weighted by Gasteiger charge is 2.52. The predicted molar refractivity (Wildman–Crippen MR) is 134 cm³/mol.